The number of fused-ring (bicyclic) bond motifs is 1. The number of nitrogens with one attached hydrogen (secondary N) is 1. The quantitative estimate of drug-likeness (QED) is 0.883. The van der Waals surface area contributed by atoms with Crippen molar-refractivity contribution in [2.75, 3.05) is 0 Å². The fourth-order valence-electron chi connectivity index (χ4n) is 3.02. The average molecular weight is 333 g/mol. The van der Waals surface area contributed by atoms with Gasteiger partial charge in [0.05, 0.1) is 18.4 Å². The second-order valence-corrected chi connectivity index (χ2v) is 6.59. The fraction of sp³-hybridized carbons (Fsp3) is 0.294. The molecule has 1 amide bonds. The van der Waals surface area contributed by atoms with E-state index in [9.17, 15) is 14.0 Å². The van der Waals surface area contributed by atoms with Crippen LogP contribution in [0.15, 0.2) is 35.7 Å². The number of benzene rings is 1. The highest BCUT2D eigenvalue weighted by Gasteiger charge is 2.31. The normalized spacial score (nSPS) is 17.5. The summed E-state index contributed by atoms with van der Waals surface area (Å²) < 4.78 is 13.3. The number of carbonyl (C=O) groups excluding carboxylic acids is 1. The smallest absolute Gasteiger partial charge is 0.305 e. The molecule has 0 saturated heterocycles. The monoisotopic (exact) mass is 333 g/mol. The number of rotatable bonds is 5. The lowest BCUT2D eigenvalue weighted by Crippen LogP contribution is -2.33. The van der Waals surface area contributed by atoms with Crippen molar-refractivity contribution in [2.45, 2.75) is 31.2 Å². The Hall–Kier alpha value is -2.21. The summed E-state index contributed by atoms with van der Waals surface area (Å²) in [7, 11) is 0. The van der Waals surface area contributed by atoms with Crippen LogP contribution in [0, 0.1) is 5.82 Å². The SMILES string of the molecule is O=C(O)CC(NC(=O)C1CCc2cc(F)ccc21)c1cccs1. The van der Waals surface area contributed by atoms with E-state index in [1.807, 2.05) is 17.5 Å². The Morgan fingerprint density at radius 1 is 1.39 bits per heavy atom. The molecule has 0 bridgehead atoms. The largest absolute Gasteiger partial charge is 0.481 e. The summed E-state index contributed by atoms with van der Waals surface area (Å²) in [5.74, 6) is -1.80. The van der Waals surface area contributed by atoms with Gasteiger partial charge in [0.15, 0.2) is 0 Å². The maximum Gasteiger partial charge on any atom is 0.305 e. The molecular weight excluding hydrogens is 317 g/mol. The summed E-state index contributed by atoms with van der Waals surface area (Å²) in [6, 6.07) is 7.59. The fourth-order valence-corrected chi connectivity index (χ4v) is 3.80. The lowest BCUT2D eigenvalue weighted by atomic mass is 9.99. The maximum atomic E-state index is 13.3. The van der Waals surface area contributed by atoms with Crippen LogP contribution in [0.4, 0.5) is 4.39 Å². The number of aryl methyl sites for hydroxylation is 1. The molecule has 0 aliphatic heterocycles. The van der Waals surface area contributed by atoms with Gasteiger partial charge in [0.25, 0.3) is 0 Å². The Morgan fingerprint density at radius 2 is 2.22 bits per heavy atom. The van der Waals surface area contributed by atoms with Crippen molar-refractivity contribution in [1.29, 1.82) is 0 Å². The van der Waals surface area contributed by atoms with Gasteiger partial charge in [0.2, 0.25) is 5.91 Å². The molecule has 1 heterocycles. The molecule has 1 aliphatic rings. The van der Waals surface area contributed by atoms with E-state index in [-0.39, 0.29) is 24.1 Å². The van der Waals surface area contributed by atoms with E-state index in [4.69, 9.17) is 5.11 Å². The van der Waals surface area contributed by atoms with Crippen LogP contribution in [-0.4, -0.2) is 17.0 Å². The minimum Gasteiger partial charge on any atom is -0.481 e. The molecule has 2 unspecified atom stereocenters. The second-order valence-electron chi connectivity index (χ2n) is 5.61. The lowest BCUT2D eigenvalue weighted by Gasteiger charge is -2.19. The van der Waals surface area contributed by atoms with Crippen LogP contribution in [0.2, 0.25) is 0 Å². The zero-order valence-corrected chi connectivity index (χ0v) is 13.1. The molecular formula is C17H16FNO3S. The van der Waals surface area contributed by atoms with Crippen LogP contribution >= 0.6 is 11.3 Å². The van der Waals surface area contributed by atoms with Gasteiger partial charge in [-0.05, 0) is 47.5 Å². The number of hydrogen-bond acceptors (Lipinski definition) is 3. The maximum absolute atomic E-state index is 13.3. The lowest BCUT2D eigenvalue weighted by molar-refractivity contribution is -0.137. The van der Waals surface area contributed by atoms with Crippen LogP contribution in [0.1, 0.15) is 40.8 Å². The minimum atomic E-state index is -0.961. The number of carboxylic acid groups (broad SMARTS) is 1. The molecule has 23 heavy (non-hydrogen) atoms. The number of aliphatic carboxylic acids is 1. The van der Waals surface area contributed by atoms with E-state index in [1.165, 1.54) is 23.5 Å². The highest BCUT2D eigenvalue weighted by molar-refractivity contribution is 7.10. The molecule has 0 spiro atoms. The molecule has 4 nitrogen and oxygen atoms in total. The Balaban J connectivity index is 1.77. The number of carbonyl (C=O) groups is 2. The van der Waals surface area contributed by atoms with E-state index >= 15 is 0 Å². The first-order chi connectivity index (χ1) is 11.0. The van der Waals surface area contributed by atoms with E-state index in [2.05, 4.69) is 5.32 Å². The molecule has 6 heteroatoms. The van der Waals surface area contributed by atoms with Gasteiger partial charge in [0, 0.05) is 4.88 Å². The minimum absolute atomic E-state index is 0.157. The topological polar surface area (TPSA) is 66.4 Å². The number of amides is 1. The number of hydrogen-bond donors (Lipinski definition) is 2. The highest BCUT2D eigenvalue weighted by Crippen LogP contribution is 2.34. The van der Waals surface area contributed by atoms with Crippen molar-refractivity contribution >= 4 is 23.2 Å². The van der Waals surface area contributed by atoms with E-state index < -0.39 is 12.0 Å². The summed E-state index contributed by atoms with van der Waals surface area (Å²) in [5.41, 5.74) is 1.69. The Bertz CT molecular complexity index is 729. The third-order valence-electron chi connectivity index (χ3n) is 4.08. The summed E-state index contributed by atoms with van der Waals surface area (Å²) >= 11 is 1.42. The van der Waals surface area contributed by atoms with Crippen molar-refractivity contribution in [3.8, 4) is 0 Å². The van der Waals surface area contributed by atoms with Gasteiger partial charge in [-0.15, -0.1) is 11.3 Å². The summed E-state index contributed by atoms with van der Waals surface area (Å²) in [4.78, 5) is 24.5. The van der Waals surface area contributed by atoms with E-state index in [0.29, 0.717) is 12.8 Å². The third-order valence-corrected chi connectivity index (χ3v) is 5.07. The summed E-state index contributed by atoms with van der Waals surface area (Å²) in [6.07, 6.45) is 1.12. The standard InChI is InChI=1S/C17H16FNO3S/c18-11-4-6-12-10(8-11)3-5-13(12)17(22)19-14(9-16(20)21)15-2-1-7-23-15/h1-2,4,6-8,13-14H,3,5,9H2,(H,19,22)(H,20,21). The van der Waals surface area contributed by atoms with Crippen LogP contribution in [-0.2, 0) is 16.0 Å². The van der Waals surface area contributed by atoms with Gasteiger partial charge in [-0.2, -0.15) is 0 Å². The summed E-state index contributed by atoms with van der Waals surface area (Å²) in [5, 5.41) is 13.8. The zero-order chi connectivity index (χ0) is 16.4. The average Bonchev–Trinajstić information content (AvgIpc) is 3.15. The van der Waals surface area contributed by atoms with Gasteiger partial charge < -0.3 is 10.4 Å². The van der Waals surface area contributed by atoms with Crippen molar-refractivity contribution in [2.24, 2.45) is 0 Å². The molecule has 1 aliphatic carbocycles. The number of halogens is 1. The second kappa shape index (κ2) is 6.50. The van der Waals surface area contributed by atoms with Gasteiger partial charge in [-0.1, -0.05) is 12.1 Å². The molecule has 1 aromatic carbocycles. The third kappa shape index (κ3) is 3.42. The number of carboxylic acids is 1. The first-order valence-corrected chi connectivity index (χ1v) is 8.26. The van der Waals surface area contributed by atoms with Crippen LogP contribution < -0.4 is 5.32 Å². The van der Waals surface area contributed by atoms with E-state index in [1.54, 1.807) is 6.07 Å². The van der Waals surface area contributed by atoms with Crippen molar-refractivity contribution in [3.05, 3.63) is 57.5 Å². The Kier molecular flexibility index (Phi) is 4.43. The van der Waals surface area contributed by atoms with Crippen LogP contribution in [0.5, 0.6) is 0 Å². The zero-order valence-electron chi connectivity index (χ0n) is 12.3. The van der Waals surface area contributed by atoms with Gasteiger partial charge in [0.1, 0.15) is 5.82 Å². The first-order valence-electron chi connectivity index (χ1n) is 7.38. The molecule has 120 valence electrons. The van der Waals surface area contributed by atoms with Gasteiger partial charge >= 0.3 is 5.97 Å². The molecule has 2 atom stereocenters. The predicted octanol–water partition coefficient (Wildman–Crippen LogP) is 3.25. The van der Waals surface area contributed by atoms with Gasteiger partial charge in [-0.3, -0.25) is 9.59 Å². The molecule has 0 saturated carbocycles. The van der Waals surface area contributed by atoms with E-state index in [0.717, 1.165) is 16.0 Å². The van der Waals surface area contributed by atoms with Crippen LogP contribution in [0.25, 0.3) is 0 Å². The Morgan fingerprint density at radius 3 is 2.91 bits per heavy atom. The van der Waals surface area contributed by atoms with Gasteiger partial charge in [-0.25, -0.2) is 4.39 Å². The predicted molar refractivity (Wildman–Crippen MR) is 84.9 cm³/mol. The first kappa shape index (κ1) is 15.7. The molecule has 2 N–H and O–H groups in total. The molecule has 1 aromatic heterocycles. The molecule has 2 aromatic rings. The van der Waals surface area contributed by atoms with Crippen molar-refractivity contribution in [1.82, 2.24) is 5.32 Å². The number of thiophene rings is 1. The van der Waals surface area contributed by atoms with Crippen molar-refractivity contribution in [3.63, 3.8) is 0 Å². The van der Waals surface area contributed by atoms with Crippen molar-refractivity contribution < 1.29 is 19.1 Å². The van der Waals surface area contributed by atoms with Crippen LogP contribution in [0.3, 0.4) is 0 Å². The molecule has 0 fully saturated rings. The molecule has 0 radical (unpaired) electrons. The summed E-state index contributed by atoms with van der Waals surface area (Å²) in [6.45, 7) is 0. The Labute approximate surface area is 137 Å². The molecule has 3 rings (SSSR count). The highest BCUT2D eigenvalue weighted by atomic mass is 32.1.